The molecule has 1 heterocycles. The molecule has 1 atom stereocenters. The maximum Gasteiger partial charge on any atom is 0.243 e. The van der Waals surface area contributed by atoms with Crippen molar-refractivity contribution >= 4 is 21.6 Å². The summed E-state index contributed by atoms with van der Waals surface area (Å²) in [5.41, 5.74) is 2.19. The van der Waals surface area contributed by atoms with Crippen LogP contribution in [0.3, 0.4) is 0 Å². The average molecular weight is 450 g/mol. The average Bonchev–Trinajstić information content (AvgIpc) is 2.73. The first kappa shape index (κ1) is 23.2. The van der Waals surface area contributed by atoms with Crippen molar-refractivity contribution in [1.82, 2.24) is 10.2 Å². The number of nitrogens with one attached hydrogen (secondary N) is 1. The normalized spacial score (nSPS) is 16.0. The van der Waals surface area contributed by atoms with Gasteiger partial charge in [0.1, 0.15) is 11.9 Å². The summed E-state index contributed by atoms with van der Waals surface area (Å²) in [5, 5.41) is 2.77. The topological polar surface area (TPSA) is 79.0 Å². The van der Waals surface area contributed by atoms with Crippen molar-refractivity contribution in [2.75, 3.05) is 36.9 Å². The number of hydrogen-bond donors (Lipinski definition) is 1. The molecule has 2 aromatic rings. The molecule has 0 aromatic heterocycles. The van der Waals surface area contributed by atoms with E-state index in [0.717, 1.165) is 55.0 Å². The molecule has 0 saturated carbocycles. The van der Waals surface area contributed by atoms with Gasteiger partial charge in [-0.25, -0.2) is 12.8 Å². The van der Waals surface area contributed by atoms with Gasteiger partial charge in [-0.3, -0.25) is 14.0 Å². The lowest BCUT2D eigenvalue weighted by atomic mass is 10.1. The van der Waals surface area contributed by atoms with E-state index in [9.17, 15) is 17.6 Å². The zero-order chi connectivity index (χ0) is 22.4. The van der Waals surface area contributed by atoms with Gasteiger partial charge in [0.2, 0.25) is 15.9 Å². The molecule has 1 N–H and O–H groups in total. The van der Waals surface area contributed by atoms with E-state index in [2.05, 4.69) is 10.2 Å². The van der Waals surface area contributed by atoms with E-state index >= 15 is 0 Å². The largest absolute Gasteiger partial charge is 0.379 e. The Labute approximate surface area is 182 Å². The molecule has 1 unspecified atom stereocenters. The highest BCUT2D eigenvalue weighted by Gasteiger charge is 2.29. The molecule has 1 fully saturated rings. The Morgan fingerprint density at radius 2 is 1.81 bits per heavy atom. The summed E-state index contributed by atoms with van der Waals surface area (Å²) in [6.07, 6.45) is 0.995. The molecule has 9 heteroatoms. The van der Waals surface area contributed by atoms with Gasteiger partial charge in [0.25, 0.3) is 0 Å². The fraction of sp³-hybridized carbons (Fsp3) is 0.409. The summed E-state index contributed by atoms with van der Waals surface area (Å²) in [5.74, 6) is -1.04. The van der Waals surface area contributed by atoms with Crippen LogP contribution in [0.25, 0.3) is 0 Å². The van der Waals surface area contributed by atoms with Crippen molar-refractivity contribution in [1.29, 1.82) is 0 Å². The molecule has 1 aliphatic heterocycles. The Balaban J connectivity index is 1.60. The minimum absolute atomic E-state index is 0.109. The van der Waals surface area contributed by atoms with Crippen molar-refractivity contribution in [3.8, 4) is 0 Å². The zero-order valence-electron chi connectivity index (χ0n) is 17.8. The highest BCUT2D eigenvalue weighted by molar-refractivity contribution is 7.92. The van der Waals surface area contributed by atoms with Gasteiger partial charge < -0.3 is 10.1 Å². The molecular weight excluding hydrogens is 421 g/mol. The maximum absolute atomic E-state index is 13.6. The zero-order valence-corrected chi connectivity index (χ0v) is 18.6. The van der Waals surface area contributed by atoms with Crippen LogP contribution in [-0.2, 0) is 32.6 Å². The predicted octanol–water partition coefficient (Wildman–Crippen LogP) is 2.13. The number of amides is 1. The molecule has 1 amide bonds. The van der Waals surface area contributed by atoms with Crippen molar-refractivity contribution in [2.24, 2.45) is 0 Å². The second-order valence-corrected chi connectivity index (χ2v) is 9.50. The van der Waals surface area contributed by atoms with Crippen molar-refractivity contribution < 1.29 is 22.3 Å². The van der Waals surface area contributed by atoms with Crippen LogP contribution < -0.4 is 9.62 Å². The smallest absolute Gasteiger partial charge is 0.243 e. The summed E-state index contributed by atoms with van der Waals surface area (Å²) < 4.78 is 44.4. The number of halogens is 1. The van der Waals surface area contributed by atoms with Gasteiger partial charge in [0.05, 0.1) is 25.2 Å². The van der Waals surface area contributed by atoms with Crippen molar-refractivity contribution in [3.63, 3.8) is 0 Å². The van der Waals surface area contributed by atoms with Crippen LogP contribution in [0.2, 0.25) is 0 Å². The van der Waals surface area contributed by atoms with E-state index < -0.39 is 27.8 Å². The SMILES string of the molecule is CC(C(=O)NCc1ccc(CN2CCOCC2)cc1)N(c1cccc(F)c1)S(C)(=O)=O. The van der Waals surface area contributed by atoms with Crippen LogP contribution in [0, 0.1) is 5.82 Å². The summed E-state index contributed by atoms with van der Waals surface area (Å²) >= 11 is 0. The number of sulfonamides is 1. The van der Waals surface area contributed by atoms with Gasteiger partial charge in [-0.2, -0.15) is 0 Å². The van der Waals surface area contributed by atoms with Crippen molar-refractivity contribution in [2.45, 2.75) is 26.1 Å². The van der Waals surface area contributed by atoms with E-state index in [1.807, 2.05) is 24.3 Å². The van der Waals surface area contributed by atoms with Crippen LogP contribution in [-0.4, -0.2) is 57.8 Å². The standard InChI is InChI=1S/C22H28FN3O4S/c1-17(26(31(2,28)29)21-5-3-4-20(23)14-21)22(27)24-15-18-6-8-19(9-7-18)16-25-10-12-30-13-11-25/h3-9,14,17H,10-13,15-16H2,1-2H3,(H,24,27). The Hall–Kier alpha value is -2.49. The molecule has 1 saturated heterocycles. The van der Waals surface area contributed by atoms with Gasteiger partial charge >= 0.3 is 0 Å². The first-order valence-electron chi connectivity index (χ1n) is 10.1. The van der Waals surface area contributed by atoms with E-state index in [-0.39, 0.29) is 12.2 Å². The van der Waals surface area contributed by atoms with Crippen molar-refractivity contribution in [3.05, 3.63) is 65.5 Å². The molecular formula is C22H28FN3O4S. The summed E-state index contributed by atoms with van der Waals surface area (Å²) in [7, 11) is -3.79. The Morgan fingerprint density at radius 3 is 2.42 bits per heavy atom. The van der Waals surface area contributed by atoms with E-state index in [1.165, 1.54) is 30.7 Å². The third-order valence-electron chi connectivity index (χ3n) is 5.15. The van der Waals surface area contributed by atoms with Crippen LogP contribution in [0.1, 0.15) is 18.1 Å². The van der Waals surface area contributed by atoms with Gasteiger partial charge in [-0.05, 0) is 36.2 Å². The molecule has 7 nitrogen and oxygen atoms in total. The van der Waals surface area contributed by atoms with Crippen LogP contribution >= 0.6 is 0 Å². The molecule has 0 bridgehead atoms. The Kier molecular flexibility index (Phi) is 7.64. The van der Waals surface area contributed by atoms with E-state index in [1.54, 1.807) is 0 Å². The Bertz CT molecular complexity index is 992. The molecule has 2 aromatic carbocycles. The van der Waals surface area contributed by atoms with E-state index in [0.29, 0.717) is 0 Å². The minimum atomic E-state index is -3.79. The van der Waals surface area contributed by atoms with Crippen LogP contribution in [0.5, 0.6) is 0 Å². The third-order valence-corrected chi connectivity index (χ3v) is 6.39. The summed E-state index contributed by atoms with van der Waals surface area (Å²) in [6.45, 7) is 5.93. The first-order valence-corrected chi connectivity index (χ1v) is 12.0. The number of nitrogens with zero attached hydrogens (tertiary/aromatic N) is 2. The molecule has 3 rings (SSSR count). The van der Waals surface area contributed by atoms with Crippen LogP contribution in [0.4, 0.5) is 10.1 Å². The number of rotatable bonds is 8. The fourth-order valence-corrected chi connectivity index (χ4v) is 4.71. The molecule has 168 valence electrons. The number of benzene rings is 2. The Morgan fingerprint density at radius 1 is 1.16 bits per heavy atom. The molecule has 0 aliphatic carbocycles. The fourth-order valence-electron chi connectivity index (χ4n) is 3.54. The third kappa shape index (κ3) is 6.49. The van der Waals surface area contributed by atoms with E-state index in [4.69, 9.17) is 4.74 Å². The second-order valence-electron chi connectivity index (χ2n) is 7.64. The lowest BCUT2D eigenvalue weighted by Gasteiger charge is -2.28. The van der Waals surface area contributed by atoms with Gasteiger partial charge in [-0.15, -0.1) is 0 Å². The molecule has 1 aliphatic rings. The highest BCUT2D eigenvalue weighted by atomic mass is 32.2. The van der Waals surface area contributed by atoms with Gasteiger partial charge in [0, 0.05) is 26.2 Å². The molecule has 0 radical (unpaired) electrons. The number of anilines is 1. The minimum Gasteiger partial charge on any atom is -0.379 e. The maximum atomic E-state index is 13.6. The number of carbonyl (C=O) groups is 1. The number of hydrogen-bond acceptors (Lipinski definition) is 5. The lowest BCUT2D eigenvalue weighted by Crippen LogP contribution is -2.47. The second kappa shape index (κ2) is 10.2. The van der Waals surface area contributed by atoms with Gasteiger partial charge in [-0.1, -0.05) is 30.3 Å². The highest BCUT2D eigenvalue weighted by Crippen LogP contribution is 2.21. The number of carbonyl (C=O) groups excluding carboxylic acids is 1. The quantitative estimate of drug-likeness (QED) is 0.668. The van der Waals surface area contributed by atoms with Crippen LogP contribution in [0.15, 0.2) is 48.5 Å². The number of morpholine rings is 1. The lowest BCUT2D eigenvalue weighted by molar-refractivity contribution is -0.122. The predicted molar refractivity (Wildman–Crippen MR) is 118 cm³/mol. The number of ether oxygens (including phenoxy) is 1. The monoisotopic (exact) mass is 449 g/mol. The molecule has 0 spiro atoms. The summed E-state index contributed by atoms with van der Waals surface area (Å²) in [6, 6.07) is 12.1. The first-order chi connectivity index (χ1) is 14.7. The van der Waals surface area contributed by atoms with Gasteiger partial charge in [0.15, 0.2) is 0 Å². The molecule has 31 heavy (non-hydrogen) atoms. The summed E-state index contributed by atoms with van der Waals surface area (Å²) in [4.78, 5) is 15.0.